The van der Waals surface area contributed by atoms with E-state index in [1.165, 1.54) is 11.8 Å². The van der Waals surface area contributed by atoms with E-state index < -0.39 is 5.25 Å². The number of hydrogen-bond acceptors (Lipinski definition) is 3. The Balaban J connectivity index is 1.50. The van der Waals surface area contributed by atoms with Crippen molar-refractivity contribution in [1.29, 1.82) is 0 Å². The SMILES string of the molecule is Cc1ccccc1NC(=O)C(Sc1ccc(NC(=O)C2CC2)cc1)c1ccccc1. The minimum Gasteiger partial charge on any atom is -0.326 e. The van der Waals surface area contributed by atoms with Crippen molar-refractivity contribution in [3.8, 4) is 0 Å². The highest BCUT2D eigenvalue weighted by molar-refractivity contribution is 8.00. The molecule has 1 aliphatic carbocycles. The average Bonchev–Trinajstić information content (AvgIpc) is 3.61. The molecule has 0 heterocycles. The van der Waals surface area contributed by atoms with Gasteiger partial charge in [-0.3, -0.25) is 9.59 Å². The van der Waals surface area contributed by atoms with E-state index in [1.807, 2.05) is 85.8 Å². The Labute approximate surface area is 181 Å². The highest BCUT2D eigenvalue weighted by Crippen LogP contribution is 2.37. The van der Waals surface area contributed by atoms with Gasteiger partial charge in [-0.2, -0.15) is 0 Å². The average molecular weight is 417 g/mol. The number of anilines is 2. The molecular weight excluding hydrogens is 392 g/mol. The van der Waals surface area contributed by atoms with Crippen LogP contribution in [0.1, 0.15) is 29.2 Å². The molecule has 0 aromatic heterocycles. The summed E-state index contributed by atoms with van der Waals surface area (Å²) < 4.78 is 0. The van der Waals surface area contributed by atoms with Crippen molar-refractivity contribution >= 4 is 35.0 Å². The van der Waals surface area contributed by atoms with Crippen molar-refractivity contribution in [1.82, 2.24) is 0 Å². The molecule has 1 saturated carbocycles. The molecular formula is C25H24N2O2S. The van der Waals surface area contributed by atoms with Gasteiger partial charge in [-0.05, 0) is 61.2 Å². The third-order valence-corrected chi connectivity index (χ3v) is 6.33. The number of nitrogens with one attached hydrogen (secondary N) is 2. The number of carbonyl (C=O) groups excluding carboxylic acids is 2. The first kappa shape index (κ1) is 20.2. The summed E-state index contributed by atoms with van der Waals surface area (Å²) in [6, 6.07) is 25.2. The molecule has 3 aromatic carbocycles. The maximum atomic E-state index is 13.2. The fourth-order valence-corrected chi connectivity index (χ4v) is 4.18. The van der Waals surface area contributed by atoms with Crippen LogP contribution in [0.4, 0.5) is 11.4 Å². The van der Waals surface area contributed by atoms with Gasteiger partial charge >= 0.3 is 0 Å². The summed E-state index contributed by atoms with van der Waals surface area (Å²) in [7, 11) is 0. The van der Waals surface area contributed by atoms with Crippen molar-refractivity contribution in [2.45, 2.75) is 29.9 Å². The van der Waals surface area contributed by atoms with Crippen LogP contribution in [-0.4, -0.2) is 11.8 Å². The molecule has 1 unspecified atom stereocenters. The molecule has 152 valence electrons. The van der Waals surface area contributed by atoms with Crippen molar-refractivity contribution in [3.05, 3.63) is 90.0 Å². The third-order valence-electron chi connectivity index (χ3n) is 5.07. The Hall–Kier alpha value is -3.05. The minimum absolute atomic E-state index is 0.0633. The van der Waals surface area contributed by atoms with Gasteiger partial charge in [0.05, 0.1) is 0 Å². The Morgan fingerprint density at radius 1 is 0.867 bits per heavy atom. The van der Waals surface area contributed by atoms with E-state index in [4.69, 9.17) is 0 Å². The molecule has 0 radical (unpaired) electrons. The van der Waals surface area contributed by atoms with E-state index in [9.17, 15) is 9.59 Å². The predicted molar refractivity (Wildman–Crippen MR) is 123 cm³/mol. The largest absolute Gasteiger partial charge is 0.326 e. The lowest BCUT2D eigenvalue weighted by Gasteiger charge is -2.18. The van der Waals surface area contributed by atoms with Crippen molar-refractivity contribution in [3.63, 3.8) is 0 Å². The molecule has 4 nitrogen and oxygen atoms in total. The molecule has 2 amide bonds. The summed E-state index contributed by atoms with van der Waals surface area (Å²) >= 11 is 1.50. The minimum atomic E-state index is -0.391. The van der Waals surface area contributed by atoms with Gasteiger partial charge < -0.3 is 10.6 Å². The molecule has 30 heavy (non-hydrogen) atoms. The molecule has 1 fully saturated rings. The second-order valence-corrected chi connectivity index (χ2v) is 8.68. The monoisotopic (exact) mass is 416 g/mol. The summed E-state index contributed by atoms with van der Waals surface area (Å²) in [5.74, 6) is 0.202. The van der Waals surface area contributed by atoms with Crippen LogP contribution in [0.25, 0.3) is 0 Å². The summed E-state index contributed by atoms with van der Waals surface area (Å²) in [5, 5.41) is 5.63. The van der Waals surface area contributed by atoms with Gasteiger partial charge in [0, 0.05) is 22.2 Å². The van der Waals surface area contributed by atoms with Crippen LogP contribution in [0, 0.1) is 12.8 Å². The van der Waals surface area contributed by atoms with Crippen LogP contribution in [0.3, 0.4) is 0 Å². The van der Waals surface area contributed by atoms with Gasteiger partial charge in [-0.1, -0.05) is 48.5 Å². The fraction of sp³-hybridized carbons (Fsp3) is 0.200. The molecule has 1 atom stereocenters. The van der Waals surface area contributed by atoms with Crippen LogP contribution in [0.15, 0.2) is 83.8 Å². The van der Waals surface area contributed by atoms with Gasteiger partial charge in [0.15, 0.2) is 0 Å². The van der Waals surface area contributed by atoms with E-state index in [0.717, 1.165) is 40.2 Å². The van der Waals surface area contributed by atoms with Crippen LogP contribution in [-0.2, 0) is 9.59 Å². The molecule has 0 bridgehead atoms. The van der Waals surface area contributed by atoms with Crippen molar-refractivity contribution in [2.75, 3.05) is 10.6 Å². The number of benzene rings is 3. The van der Waals surface area contributed by atoms with E-state index in [-0.39, 0.29) is 17.7 Å². The molecule has 0 spiro atoms. The molecule has 4 rings (SSSR count). The molecule has 5 heteroatoms. The normalized spacial score (nSPS) is 14.0. The zero-order valence-electron chi connectivity index (χ0n) is 16.8. The first-order valence-corrected chi connectivity index (χ1v) is 11.0. The number of thioether (sulfide) groups is 1. The lowest BCUT2D eigenvalue weighted by molar-refractivity contribution is -0.117. The molecule has 0 saturated heterocycles. The predicted octanol–water partition coefficient (Wildman–Crippen LogP) is 5.82. The smallest absolute Gasteiger partial charge is 0.242 e. The second kappa shape index (κ2) is 9.18. The zero-order chi connectivity index (χ0) is 20.9. The Morgan fingerprint density at radius 3 is 2.20 bits per heavy atom. The highest BCUT2D eigenvalue weighted by atomic mass is 32.2. The fourth-order valence-electron chi connectivity index (χ4n) is 3.15. The maximum Gasteiger partial charge on any atom is 0.242 e. The van der Waals surface area contributed by atoms with E-state index in [0.29, 0.717) is 0 Å². The quantitative estimate of drug-likeness (QED) is 0.478. The topological polar surface area (TPSA) is 58.2 Å². The Morgan fingerprint density at radius 2 is 1.53 bits per heavy atom. The molecule has 0 aliphatic heterocycles. The number of amides is 2. The first-order valence-electron chi connectivity index (χ1n) is 10.1. The van der Waals surface area contributed by atoms with Gasteiger partial charge in [0.1, 0.15) is 5.25 Å². The van der Waals surface area contributed by atoms with Crippen LogP contribution >= 0.6 is 11.8 Å². The lowest BCUT2D eigenvalue weighted by atomic mass is 10.1. The van der Waals surface area contributed by atoms with Crippen LogP contribution < -0.4 is 10.6 Å². The maximum absolute atomic E-state index is 13.2. The molecule has 1 aliphatic rings. The first-order chi connectivity index (χ1) is 14.6. The zero-order valence-corrected chi connectivity index (χ0v) is 17.6. The lowest BCUT2D eigenvalue weighted by Crippen LogP contribution is -2.19. The van der Waals surface area contributed by atoms with Crippen molar-refractivity contribution in [2.24, 2.45) is 5.92 Å². The van der Waals surface area contributed by atoms with Gasteiger partial charge in [-0.15, -0.1) is 11.8 Å². The van der Waals surface area contributed by atoms with Crippen LogP contribution in [0.2, 0.25) is 0 Å². The molecule has 2 N–H and O–H groups in total. The number of rotatable bonds is 7. The standard InChI is InChI=1S/C25H24N2O2S/c1-17-7-5-6-10-22(17)27-25(29)23(18-8-3-2-4-9-18)30-21-15-13-20(14-16-21)26-24(28)19-11-12-19/h2-10,13-16,19,23H,11-12H2,1H3,(H,26,28)(H,27,29). The summed E-state index contributed by atoms with van der Waals surface area (Å²) in [6.45, 7) is 1.98. The number of para-hydroxylation sites is 1. The number of hydrogen-bond donors (Lipinski definition) is 2. The Kier molecular flexibility index (Phi) is 6.19. The highest BCUT2D eigenvalue weighted by Gasteiger charge is 2.29. The Bertz CT molecular complexity index is 1030. The number of aryl methyl sites for hydroxylation is 1. The molecule has 3 aromatic rings. The van der Waals surface area contributed by atoms with E-state index >= 15 is 0 Å². The van der Waals surface area contributed by atoms with Gasteiger partial charge in [0.25, 0.3) is 0 Å². The van der Waals surface area contributed by atoms with Crippen LogP contribution in [0.5, 0.6) is 0 Å². The summed E-state index contributed by atoms with van der Waals surface area (Å²) in [5.41, 5.74) is 3.58. The summed E-state index contributed by atoms with van der Waals surface area (Å²) in [4.78, 5) is 26.1. The van der Waals surface area contributed by atoms with Gasteiger partial charge in [-0.25, -0.2) is 0 Å². The van der Waals surface area contributed by atoms with Crippen molar-refractivity contribution < 1.29 is 9.59 Å². The number of carbonyl (C=O) groups is 2. The summed E-state index contributed by atoms with van der Waals surface area (Å²) in [6.07, 6.45) is 1.96. The van der Waals surface area contributed by atoms with Gasteiger partial charge in [0.2, 0.25) is 11.8 Å². The van der Waals surface area contributed by atoms with E-state index in [2.05, 4.69) is 10.6 Å². The second-order valence-electron chi connectivity index (χ2n) is 7.50. The van der Waals surface area contributed by atoms with E-state index in [1.54, 1.807) is 0 Å². The third kappa shape index (κ3) is 5.10.